The highest BCUT2D eigenvalue weighted by atomic mass is 19.4. The second kappa shape index (κ2) is 11.8. The van der Waals surface area contributed by atoms with Crippen molar-refractivity contribution in [1.29, 1.82) is 0 Å². The summed E-state index contributed by atoms with van der Waals surface area (Å²) in [5.41, 5.74) is -0.175. The van der Waals surface area contributed by atoms with E-state index in [1.54, 1.807) is 30.3 Å². The first-order valence-corrected chi connectivity index (χ1v) is 11.8. The predicted octanol–water partition coefficient (Wildman–Crippen LogP) is 4.12. The monoisotopic (exact) mass is 543 g/mol. The first kappa shape index (κ1) is 29.0. The van der Waals surface area contributed by atoms with Gasteiger partial charge in [0.15, 0.2) is 5.78 Å². The van der Waals surface area contributed by atoms with E-state index < -0.39 is 52.6 Å². The molecular weight excluding hydrogens is 519 g/mol. The molecule has 0 saturated carbocycles. The fourth-order valence-electron chi connectivity index (χ4n) is 3.90. The molecule has 3 rings (SSSR count). The fraction of sp³-hybridized carbons (Fsp3) is 0.259. The van der Waals surface area contributed by atoms with Crippen molar-refractivity contribution in [3.8, 4) is 11.3 Å². The standard InChI is InChI=1S/C27H24F3N3O6/c1-16(2)24(25(36)27(28,29)30)31-23(35)15-32-21(18-6-4-3-5-7-18)13-12-20(26(32)37)22(34)14-17-8-10-19(11-9-17)33(38)39/h3-13,16,24H,14-15H2,1-2H3,(H,31,35). The summed E-state index contributed by atoms with van der Waals surface area (Å²) in [6, 6.07) is 14.4. The first-order chi connectivity index (χ1) is 18.3. The molecule has 0 bridgehead atoms. The minimum Gasteiger partial charge on any atom is -0.344 e. The zero-order chi connectivity index (χ0) is 28.9. The Labute approximate surface area is 220 Å². The topological polar surface area (TPSA) is 128 Å². The number of aromatic nitrogens is 1. The number of carbonyl (C=O) groups is 3. The van der Waals surface area contributed by atoms with Crippen molar-refractivity contribution in [1.82, 2.24) is 9.88 Å². The Bertz CT molecular complexity index is 1450. The van der Waals surface area contributed by atoms with Gasteiger partial charge in [-0.25, -0.2) is 0 Å². The van der Waals surface area contributed by atoms with Crippen LogP contribution in [0, 0.1) is 16.0 Å². The van der Waals surface area contributed by atoms with E-state index in [1.165, 1.54) is 50.2 Å². The van der Waals surface area contributed by atoms with Gasteiger partial charge in [0.25, 0.3) is 17.0 Å². The number of pyridine rings is 1. The third kappa shape index (κ3) is 7.03. The number of ketones is 2. The van der Waals surface area contributed by atoms with Crippen LogP contribution in [0.4, 0.5) is 18.9 Å². The van der Waals surface area contributed by atoms with E-state index in [4.69, 9.17) is 0 Å². The second-order valence-corrected chi connectivity index (χ2v) is 9.06. The molecule has 0 aliphatic heterocycles. The van der Waals surface area contributed by atoms with Crippen LogP contribution in [0.1, 0.15) is 29.8 Å². The summed E-state index contributed by atoms with van der Waals surface area (Å²) in [7, 11) is 0. The number of Topliss-reactive ketones (excluding diaryl/α,β-unsaturated/α-hetero) is 2. The first-order valence-electron chi connectivity index (χ1n) is 11.8. The molecule has 0 spiro atoms. The summed E-state index contributed by atoms with van der Waals surface area (Å²) in [5, 5.41) is 12.9. The highest BCUT2D eigenvalue weighted by Crippen LogP contribution is 2.22. The number of alkyl halides is 3. The lowest BCUT2D eigenvalue weighted by Gasteiger charge is -2.23. The normalized spacial score (nSPS) is 12.2. The van der Waals surface area contributed by atoms with Gasteiger partial charge in [-0.05, 0) is 29.2 Å². The molecule has 2 aromatic carbocycles. The summed E-state index contributed by atoms with van der Waals surface area (Å²) >= 11 is 0. The molecule has 3 aromatic rings. The summed E-state index contributed by atoms with van der Waals surface area (Å²) in [5.74, 6) is -4.66. The van der Waals surface area contributed by atoms with Crippen molar-refractivity contribution in [3.63, 3.8) is 0 Å². The summed E-state index contributed by atoms with van der Waals surface area (Å²) < 4.78 is 40.1. The predicted molar refractivity (Wildman–Crippen MR) is 135 cm³/mol. The number of hydrogen-bond acceptors (Lipinski definition) is 6. The number of nitro groups is 1. The maximum Gasteiger partial charge on any atom is 0.452 e. The molecular formula is C27H24F3N3O6. The number of non-ortho nitro benzene ring substituents is 1. The summed E-state index contributed by atoms with van der Waals surface area (Å²) in [4.78, 5) is 61.3. The van der Waals surface area contributed by atoms with Crippen LogP contribution in [-0.2, 0) is 22.6 Å². The van der Waals surface area contributed by atoms with Gasteiger partial charge in [0.1, 0.15) is 6.54 Å². The Morgan fingerprint density at radius 3 is 2.13 bits per heavy atom. The van der Waals surface area contributed by atoms with E-state index in [0.29, 0.717) is 11.1 Å². The van der Waals surface area contributed by atoms with E-state index in [2.05, 4.69) is 5.32 Å². The van der Waals surface area contributed by atoms with Crippen LogP contribution in [0.15, 0.2) is 71.5 Å². The molecule has 1 amide bonds. The number of amides is 1. The summed E-state index contributed by atoms with van der Waals surface area (Å²) in [6.45, 7) is 1.93. The Hall–Kier alpha value is -4.61. The highest BCUT2D eigenvalue weighted by molar-refractivity contribution is 5.97. The van der Waals surface area contributed by atoms with Crippen LogP contribution in [0.25, 0.3) is 11.3 Å². The molecule has 0 radical (unpaired) electrons. The van der Waals surface area contributed by atoms with Gasteiger partial charge in [-0.15, -0.1) is 0 Å². The molecule has 0 aliphatic carbocycles. The average Bonchev–Trinajstić information content (AvgIpc) is 2.88. The summed E-state index contributed by atoms with van der Waals surface area (Å²) in [6.07, 6.45) is -5.43. The maximum atomic E-state index is 13.4. The Kier molecular flexibility index (Phi) is 8.79. The smallest absolute Gasteiger partial charge is 0.344 e. The van der Waals surface area contributed by atoms with Crippen LogP contribution in [0.3, 0.4) is 0 Å². The number of nitrogens with one attached hydrogen (secondary N) is 1. The van der Waals surface area contributed by atoms with Gasteiger partial charge in [0.05, 0.1) is 22.2 Å². The van der Waals surface area contributed by atoms with Crippen LogP contribution in [0.5, 0.6) is 0 Å². The molecule has 1 aromatic heterocycles. The molecule has 9 nitrogen and oxygen atoms in total. The molecule has 1 unspecified atom stereocenters. The fourth-order valence-corrected chi connectivity index (χ4v) is 3.90. The van der Waals surface area contributed by atoms with Crippen LogP contribution in [0.2, 0.25) is 0 Å². The molecule has 0 saturated heterocycles. The van der Waals surface area contributed by atoms with Crippen molar-refractivity contribution >= 4 is 23.2 Å². The Morgan fingerprint density at radius 1 is 0.974 bits per heavy atom. The van der Waals surface area contributed by atoms with Crippen molar-refractivity contribution < 1.29 is 32.5 Å². The molecule has 0 fully saturated rings. The van der Waals surface area contributed by atoms with Crippen molar-refractivity contribution in [2.24, 2.45) is 5.92 Å². The second-order valence-electron chi connectivity index (χ2n) is 9.06. The number of hydrogen-bond donors (Lipinski definition) is 1. The van der Waals surface area contributed by atoms with Gasteiger partial charge in [-0.3, -0.25) is 33.9 Å². The van der Waals surface area contributed by atoms with E-state index in [9.17, 15) is 42.5 Å². The average molecular weight is 543 g/mol. The Balaban J connectivity index is 1.96. The van der Waals surface area contributed by atoms with Crippen LogP contribution in [-0.4, -0.2) is 39.2 Å². The maximum absolute atomic E-state index is 13.4. The van der Waals surface area contributed by atoms with E-state index in [1.807, 2.05) is 0 Å². The quantitative estimate of drug-likeness (QED) is 0.233. The number of nitro benzene ring substituents is 1. The molecule has 1 N–H and O–H groups in total. The van der Waals surface area contributed by atoms with E-state index in [0.717, 1.165) is 4.57 Å². The molecule has 39 heavy (non-hydrogen) atoms. The lowest BCUT2D eigenvalue weighted by molar-refractivity contribution is -0.384. The molecule has 1 atom stereocenters. The van der Waals surface area contributed by atoms with Crippen LogP contribution < -0.4 is 10.9 Å². The minimum absolute atomic E-state index is 0.171. The van der Waals surface area contributed by atoms with Gasteiger partial charge in [-0.2, -0.15) is 13.2 Å². The van der Waals surface area contributed by atoms with Gasteiger partial charge >= 0.3 is 6.18 Å². The highest BCUT2D eigenvalue weighted by Gasteiger charge is 2.45. The lowest BCUT2D eigenvalue weighted by Crippen LogP contribution is -2.51. The lowest BCUT2D eigenvalue weighted by atomic mass is 9.99. The number of nitrogens with zero attached hydrogens (tertiary/aromatic N) is 2. The van der Waals surface area contributed by atoms with Crippen molar-refractivity contribution in [3.05, 3.63) is 98.3 Å². The van der Waals surface area contributed by atoms with Crippen molar-refractivity contribution in [2.75, 3.05) is 0 Å². The molecule has 12 heteroatoms. The minimum atomic E-state index is -5.17. The third-order valence-corrected chi connectivity index (χ3v) is 5.90. The Morgan fingerprint density at radius 2 is 1.59 bits per heavy atom. The molecule has 204 valence electrons. The largest absolute Gasteiger partial charge is 0.452 e. The number of halogens is 3. The number of rotatable bonds is 10. The van der Waals surface area contributed by atoms with Gasteiger partial charge in [-0.1, -0.05) is 56.3 Å². The zero-order valence-electron chi connectivity index (χ0n) is 20.9. The van der Waals surface area contributed by atoms with Gasteiger partial charge in [0, 0.05) is 18.6 Å². The zero-order valence-corrected chi connectivity index (χ0v) is 20.9. The van der Waals surface area contributed by atoms with Gasteiger partial charge in [0.2, 0.25) is 5.91 Å². The number of benzene rings is 2. The van der Waals surface area contributed by atoms with Crippen molar-refractivity contribution in [2.45, 2.75) is 39.0 Å². The van der Waals surface area contributed by atoms with Gasteiger partial charge < -0.3 is 5.32 Å². The van der Waals surface area contributed by atoms with E-state index >= 15 is 0 Å². The number of carbonyl (C=O) groups excluding carboxylic acids is 3. The SMILES string of the molecule is CC(C)C(NC(=O)Cn1c(-c2ccccc2)ccc(C(=O)Cc2ccc([N+](=O)[O-])cc2)c1=O)C(=O)C(F)(F)F. The third-order valence-electron chi connectivity index (χ3n) is 5.90. The molecule has 0 aliphatic rings. The van der Waals surface area contributed by atoms with Crippen LogP contribution >= 0.6 is 0 Å². The van der Waals surface area contributed by atoms with E-state index in [-0.39, 0.29) is 23.4 Å². The molecule has 1 heterocycles.